The molecular formula is C30H30ClFN4O2. The van der Waals surface area contributed by atoms with Crippen LogP contribution in [0.15, 0.2) is 60.9 Å². The number of aromatic nitrogens is 1. The van der Waals surface area contributed by atoms with Crippen molar-refractivity contribution in [1.29, 1.82) is 0 Å². The summed E-state index contributed by atoms with van der Waals surface area (Å²) in [6, 6.07) is 13.9. The maximum Gasteiger partial charge on any atom is 0.253 e. The Balaban J connectivity index is 1.12. The van der Waals surface area contributed by atoms with Crippen LogP contribution in [0.5, 0.6) is 0 Å². The summed E-state index contributed by atoms with van der Waals surface area (Å²) in [5, 5.41) is 2.82. The van der Waals surface area contributed by atoms with Crippen LogP contribution in [0.4, 0.5) is 10.1 Å². The number of carbonyl (C=O) groups excluding carboxylic acids is 2. The van der Waals surface area contributed by atoms with E-state index in [-0.39, 0.29) is 28.0 Å². The number of hydrogen-bond donors (Lipinski definition) is 1. The number of fused-ring (bicyclic) bond motifs is 1. The average Bonchev–Trinajstić information content (AvgIpc) is 3.54. The van der Waals surface area contributed by atoms with Gasteiger partial charge in [0.1, 0.15) is 5.82 Å². The number of nitrogens with one attached hydrogen (secondary N) is 1. The average molecular weight is 533 g/mol. The molecule has 2 aliphatic heterocycles. The number of rotatable bonds is 4. The Hall–Kier alpha value is -3.45. The first kappa shape index (κ1) is 24.9. The second-order valence-electron chi connectivity index (χ2n) is 10.7. The second kappa shape index (κ2) is 10.0. The molecule has 3 aliphatic rings. The fourth-order valence-corrected chi connectivity index (χ4v) is 6.51. The maximum absolute atomic E-state index is 13.9. The number of carbonyl (C=O) groups is 2. The standard InChI is InChI=1S/C30H30ClFN4O2/c31-27-23(2-1-3-25(27)32)28(37)34-26-7-6-20-4-5-21(18-24(20)26)29(38)36-17-12-30(19-36)10-15-35(16-11-30)22-8-13-33-14-9-22/h1-5,8-9,13-14,18,26H,6-7,10-12,15-17,19H2,(H,34,37)/t26-/m1/s1. The molecule has 0 bridgehead atoms. The van der Waals surface area contributed by atoms with Crippen LogP contribution in [-0.4, -0.2) is 47.9 Å². The van der Waals surface area contributed by atoms with Crippen molar-refractivity contribution in [2.75, 3.05) is 31.1 Å². The zero-order chi connectivity index (χ0) is 26.3. The minimum absolute atomic E-state index is 0.0476. The molecule has 1 spiro atoms. The van der Waals surface area contributed by atoms with Crippen LogP contribution < -0.4 is 10.2 Å². The Bertz CT molecular complexity index is 1370. The first-order valence-corrected chi connectivity index (χ1v) is 13.6. The number of halogens is 2. The molecule has 1 aromatic heterocycles. The molecule has 6 nitrogen and oxygen atoms in total. The van der Waals surface area contributed by atoms with E-state index in [0.717, 1.165) is 69.4 Å². The summed E-state index contributed by atoms with van der Waals surface area (Å²) in [6.45, 7) is 3.53. The molecule has 6 rings (SSSR count). The molecule has 0 saturated carbocycles. The highest BCUT2D eigenvalue weighted by Gasteiger charge is 2.42. The van der Waals surface area contributed by atoms with Gasteiger partial charge in [-0.15, -0.1) is 0 Å². The highest BCUT2D eigenvalue weighted by atomic mass is 35.5. The van der Waals surface area contributed by atoms with Crippen LogP contribution in [0, 0.1) is 11.2 Å². The van der Waals surface area contributed by atoms with Gasteiger partial charge in [-0.2, -0.15) is 0 Å². The van der Waals surface area contributed by atoms with Crippen LogP contribution in [0.3, 0.4) is 0 Å². The summed E-state index contributed by atoms with van der Waals surface area (Å²) >= 11 is 6.02. The summed E-state index contributed by atoms with van der Waals surface area (Å²) in [6.07, 6.45) is 8.37. The highest BCUT2D eigenvalue weighted by Crippen LogP contribution is 2.42. The van der Waals surface area contributed by atoms with Crippen molar-refractivity contribution in [2.45, 2.75) is 38.1 Å². The lowest BCUT2D eigenvalue weighted by molar-refractivity contribution is 0.0764. The van der Waals surface area contributed by atoms with Gasteiger partial charge in [0.25, 0.3) is 11.8 Å². The topological polar surface area (TPSA) is 65.5 Å². The lowest BCUT2D eigenvalue weighted by atomic mass is 9.77. The zero-order valence-corrected chi connectivity index (χ0v) is 21.9. The number of amides is 2. The fourth-order valence-electron chi connectivity index (χ4n) is 6.29. The fraction of sp³-hybridized carbons (Fsp3) is 0.367. The summed E-state index contributed by atoms with van der Waals surface area (Å²) < 4.78 is 13.9. The first-order chi connectivity index (χ1) is 18.4. The molecule has 3 aromatic rings. The van der Waals surface area contributed by atoms with E-state index in [9.17, 15) is 14.0 Å². The molecule has 2 saturated heterocycles. The second-order valence-corrected chi connectivity index (χ2v) is 11.1. The first-order valence-electron chi connectivity index (χ1n) is 13.2. The van der Waals surface area contributed by atoms with E-state index < -0.39 is 11.7 Å². The monoisotopic (exact) mass is 532 g/mol. The maximum atomic E-state index is 13.9. The van der Waals surface area contributed by atoms with Crippen molar-refractivity contribution in [3.8, 4) is 0 Å². The predicted octanol–water partition coefficient (Wildman–Crippen LogP) is 5.42. The number of pyridine rings is 1. The number of aryl methyl sites for hydroxylation is 1. The van der Waals surface area contributed by atoms with Crippen LogP contribution in [0.1, 0.15) is 63.6 Å². The molecule has 0 unspecified atom stereocenters. The van der Waals surface area contributed by atoms with Gasteiger partial charge in [-0.3, -0.25) is 14.6 Å². The molecule has 1 N–H and O–H groups in total. The molecular weight excluding hydrogens is 503 g/mol. The normalized spacial score (nSPS) is 20.0. The molecule has 8 heteroatoms. The largest absolute Gasteiger partial charge is 0.371 e. The number of nitrogens with zero attached hydrogens (tertiary/aromatic N) is 3. The Morgan fingerprint density at radius 2 is 1.79 bits per heavy atom. The van der Waals surface area contributed by atoms with Crippen molar-refractivity contribution >= 4 is 29.1 Å². The third-order valence-electron chi connectivity index (χ3n) is 8.55. The van der Waals surface area contributed by atoms with Crippen LogP contribution in [-0.2, 0) is 6.42 Å². The van der Waals surface area contributed by atoms with Crippen LogP contribution in [0.25, 0.3) is 0 Å². The Morgan fingerprint density at radius 1 is 1.03 bits per heavy atom. The summed E-state index contributed by atoms with van der Waals surface area (Å²) in [4.78, 5) is 34.9. The third-order valence-corrected chi connectivity index (χ3v) is 8.93. The van der Waals surface area contributed by atoms with Gasteiger partial charge in [0, 0.05) is 49.8 Å². The van der Waals surface area contributed by atoms with Gasteiger partial charge in [0.15, 0.2) is 0 Å². The van der Waals surface area contributed by atoms with Crippen LogP contribution in [0.2, 0.25) is 5.02 Å². The minimum atomic E-state index is -0.620. The van der Waals surface area contributed by atoms with E-state index in [2.05, 4.69) is 27.3 Å². The van der Waals surface area contributed by atoms with E-state index in [1.807, 2.05) is 35.5 Å². The van der Waals surface area contributed by atoms with Gasteiger partial charge in [0.2, 0.25) is 0 Å². The van der Waals surface area contributed by atoms with Gasteiger partial charge in [-0.25, -0.2) is 4.39 Å². The van der Waals surface area contributed by atoms with Crippen molar-refractivity contribution in [3.63, 3.8) is 0 Å². The van der Waals surface area contributed by atoms with Crippen molar-refractivity contribution in [2.24, 2.45) is 5.41 Å². The molecule has 2 fully saturated rings. The number of piperidine rings is 1. The van der Waals surface area contributed by atoms with Crippen molar-refractivity contribution < 1.29 is 14.0 Å². The number of anilines is 1. The van der Waals surface area contributed by atoms with E-state index in [4.69, 9.17) is 11.6 Å². The smallest absolute Gasteiger partial charge is 0.253 e. The molecule has 2 amide bonds. The van der Waals surface area contributed by atoms with Gasteiger partial charge in [0.05, 0.1) is 16.6 Å². The number of benzene rings is 2. The number of hydrogen-bond acceptors (Lipinski definition) is 4. The molecule has 0 radical (unpaired) electrons. The lowest BCUT2D eigenvalue weighted by Crippen LogP contribution is -2.42. The quantitative estimate of drug-likeness (QED) is 0.487. The third kappa shape index (κ3) is 4.64. The summed E-state index contributed by atoms with van der Waals surface area (Å²) in [5.74, 6) is -0.986. The van der Waals surface area contributed by atoms with E-state index in [1.165, 1.54) is 23.9 Å². The Kier molecular flexibility index (Phi) is 6.56. The van der Waals surface area contributed by atoms with Gasteiger partial charge in [-0.1, -0.05) is 23.7 Å². The molecule has 1 atom stereocenters. The predicted molar refractivity (Wildman–Crippen MR) is 145 cm³/mol. The molecule has 1 aliphatic carbocycles. The SMILES string of the molecule is O=C(N[C@@H]1CCc2ccc(C(=O)N3CCC4(CCN(c5ccncc5)CC4)C3)cc21)c1cccc(F)c1Cl. The molecule has 3 heterocycles. The molecule has 196 valence electrons. The zero-order valence-electron chi connectivity index (χ0n) is 21.1. The summed E-state index contributed by atoms with van der Waals surface area (Å²) in [5.41, 5.74) is 4.23. The van der Waals surface area contributed by atoms with E-state index in [0.29, 0.717) is 5.56 Å². The highest BCUT2D eigenvalue weighted by molar-refractivity contribution is 6.34. The lowest BCUT2D eigenvalue weighted by Gasteiger charge is -2.40. The van der Waals surface area contributed by atoms with E-state index >= 15 is 0 Å². The minimum Gasteiger partial charge on any atom is -0.371 e. The summed E-state index contributed by atoms with van der Waals surface area (Å²) in [7, 11) is 0. The van der Waals surface area contributed by atoms with Gasteiger partial charge < -0.3 is 15.1 Å². The Morgan fingerprint density at radius 3 is 2.58 bits per heavy atom. The van der Waals surface area contributed by atoms with E-state index in [1.54, 1.807) is 0 Å². The number of likely N-dealkylation sites (tertiary alicyclic amines) is 1. The van der Waals surface area contributed by atoms with Gasteiger partial charge in [-0.05, 0) is 85.0 Å². The Labute approximate surface area is 226 Å². The van der Waals surface area contributed by atoms with Crippen LogP contribution >= 0.6 is 11.6 Å². The molecule has 38 heavy (non-hydrogen) atoms. The van der Waals surface area contributed by atoms with Crippen molar-refractivity contribution in [1.82, 2.24) is 15.2 Å². The molecule has 2 aromatic carbocycles. The van der Waals surface area contributed by atoms with Gasteiger partial charge >= 0.3 is 0 Å². The van der Waals surface area contributed by atoms with Crippen molar-refractivity contribution in [3.05, 3.63) is 94.0 Å².